The van der Waals surface area contributed by atoms with Crippen molar-refractivity contribution < 1.29 is 23.9 Å². The van der Waals surface area contributed by atoms with Crippen molar-refractivity contribution in [2.24, 2.45) is 5.73 Å². The second kappa shape index (κ2) is 10.7. The maximum Gasteiger partial charge on any atom is 0.399 e. The Hall–Kier alpha value is -2.57. The maximum atomic E-state index is 11.7. The first kappa shape index (κ1) is 21.7. The van der Waals surface area contributed by atoms with Gasteiger partial charge in [-0.3, -0.25) is 9.59 Å². The lowest BCUT2D eigenvalue weighted by molar-refractivity contribution is -0.160. The molecular weight excluding hydrogens is 360 g/mol. The van der Waals surface area contributed by atoms with Crippen LogP contribution in [0.2, 0.25) is 0 Å². The molecule has 0 radical (unpaired) electrons. The number of primary amides is 1. The van der Waals surface area contributed by atoms with Gasteiger partial charge in [0, 0.05) is 6.42 Å². The number of amides is 2. The molecule has 1 aliphatic rings. The summed E-state index contributed by atoms with van der Waals surface area (Å²) >= 11 is 0. The minimum Gasteiger partial charge on any atom is -0.494 e. The Labute approximate surface area is 166 Å². The molecule has 1 unspecified atom stereocenters. The number of benzene rings is 1. The number of rotatable bonds is 13. The van der Waals surface area contributed by atoms with Gasteiger partial charge in [0.05, 0.1) is 6.61 Å². The number of cyclic esters (lactones) is 1. The Balaban J connectivity index is 1.77. The average molecular weight is 390 g/mol. The smallest absolute Gasteiger partial charge is 0.399 e. The van der Waals surface area contributed by atoms with E-state index in [9.17, 15) is 14.4 Å². The number of nitrogens with two attached hydrogens (primary N) is 1. The van der Waals surface area contributed by atoms with Gasteiger partial charge in [-0.2, -0.15) is 0 Å². The summed E-state index contributed by atoms with van der Waals surface area (Å²) in [7, 11) is 0. The number of aryl methyl sites for hydroxylation is 1. The lowest BCUT2D eigenvalue weighted by Gasteiger charge is -2.23. The first-order valence-corrected chi connectivity index (χ1v) is 10.0. The van der Waals surface area contributed by atoms with Crippen molar-refractivity contribution >= 4 is 17.8 Å². The quantitative estimate of drug-likeness (QED) is 0.306. The Morgan fingerprint density at radius 3 is 2.50 bits per heavy atom. The van der Waals surface area contributed by atoms with Crippen LogP contribution in [0.15, 0.2) is 24.3 Å². The number of esters is 1. The van der Waals surface area contributed by atoms with Crippen molar-refractivity contribution in [1.82, 2.24) is 5.32 Å². The van der Waals surface area contributed by atoms with E-state index in [2.05, 4.69) is 12.2 Å². The number of hydrogen-bond donors (Lipinski definition) is 2. The number of unbranched alkanes of at least 4 members (excludes halogenated alkanes) is 6. The van der Waals surface area contributed by atoms with Crippen LogP contribution >= 0.6 is 0 Å². The van der Waals surface area contributed by atoms with Crippen LogP contribution in [-0.4, -0.2) is 30.1 Å². The summed E-state index contributed by atoms with van der Waals surface area (Å²) in [6.07, 6.45) is 9.04. The minimum absolute atomic E-state index is 0.0705. The van der Waals surface area contributed by atoms with E-state index in [1.54, 1.807) is 0 Å². The predicted octanol–water partition coefficient (Wildman–Crippen LogP) is 2.60. The van der Waals surface area contributed by atoms with E-state index >= 15 is 0 Å². The number of ether oxygens (including phenoxy) is 2. The molecule has 2 rings (SSSR count). The van der Waals surface area contributed by atoms with Crippen molar-refractivity contribution in [3.63, 3.8) is 0 Å². The third kappa shape index (κ3) is 6.25. The molecule has 1 fully saturated rings. The summed E-state index contributed by atoms with van der Waals surface area (Å²) in [4.78, 5) is 34.4. The van der Waals surface area contributed by atoms with E-state index < -0.39 is 23.5 Å². The molecule has 1 heterocycles. The highest BCUT2D eigenvalue weighted by molar-refractivity contribution is 6.35. The zero-order valence-electron chi connectivity index (χ0n) is 16.5. The van der Waals surface area contributed by atoms with Crippen LogP contribution in [0.1, 0.15) is 63.9 Å². The van der Waals surface area contributed by atoms with E-state index in [4.69, 9.17) is 15.2 Å². The summed E-state index contributed by atoms with van der Waals surface area (Å²) < 4.78 is 10.7. The maximum absolute atomic E-state index is 11.7. The van der Waals surface area contributed by atoms with Gasteiger partial charge in [0.25, 0.3) is 11.6 Å². The largest absolute Gasteiger partial charge is 0.494 e. The number of hydrogen-bond acceptors (Lipinski definition) is 5. The van der Waals surface area contributed by atoms with E-state index in [1.807, 2.05) is 24.3 Å². The van der Waals surface area contributed by atoms with Gasteiger partial charge in [-0.05, 0) is 30.5 Å². The van der Waals surface area contributed by atoms with E-state index in [-0.39, 0.29) is 6.42 Å². The van der Waals surface area contributed by atoms with Crippen LogP contribution in [0.25, 0.3) is 0 Å². The van der Waals surface area contributed by atoms with Gasteiger partial charge in [-0.15, -0.1) is 0 Å². The van der Waals surface area contributed by atoms with Gasteiger partial charge < -0.3 is 20.5 Å². The SMILES string of the molecule is CCCCCCCCCOc1cccc(CCC2(C(N)=O)NC(=O)C(=O)O2)c1. The molecule has 1 saturated heterocycles. The van der Waals surface area contributed by atoms with Crippen molar-refractivity contribution in [3.8, 4) is 5.75 Å². The molecule has 7 heteroatoms. The first-order valence-electron chi connectivity index (χ1n) is 10.0. The number of carbonyl (C=O) groups is 3. The van der Waals surface area contributed by atoms with Crippen LogP contribution in [0.5, 0.6) is 5.75 Å². The topological polar surface area (TPSA) is 108 Å². The van der Waals surface area contributed by atoms with Crippen LogP contribution in [0.3, 0.4) is 0 Å². The van der Waals surface area contributed by atoms with Crippen LogP contribution in [0, 0.1) is 0 Å². The van der Waals surface area contributed by atoms with Gasteiger partial charge in [-0.1, -0.05) is 57.6 Å². The Kier molecular flexibility index (Phi) is 8.29. The van der Waals surface area contributed by atoms with Crippen molar-refractivity contribution in [1.29, 1.82) is 0 Å². The molecule has 1 atom stereocenters. The van der Waals surface area contributed by atoms with Gasteiger partial charge >= 0.3 is 11.9 Å². The van der Waals surface area contributed by atoms with Gasteiger partial charge in [0.15, 0.2) is 0 Å². The van der Waals surface area contributed by atoms with E-state index in [0.29, 0.717) is 13.0 Å². The number of nitrogens with one attached hydrogen (secondary N) is 1. The molecule has 0 saturated carbocycles. The monoisotopic (exact) mass is 390 g/mol. The van der Waals surface area contributed by atoms with Crippen molar-refractivity contribution in [2.75, 3.05) is 6.61 Å². The van der Waals surface area contributed by atoms with Gasteiger partial charge in [0.2, 0.25) is 0 Å². The summed E-state index contributed by atoms with van der Waals surface area (Å²) in [5, 5.41) is 2.25. The standard InChI is InChI=1S/C21H30N2O5/c1-2-3-4-5-6-7-8-14-27-17-11-9-10-16(15-17)12-13-21(20(22)26)23-18(24)19(25)28-21/h9-11,15H,2-8,12-14H2,1H3,(H2,22,26)(H,23,24). The lowest BCUT2D eigenvalue weighted by atomic mass is 10.0. The Bertz CT molecular complexity index is 673. The highest BCUT2D eigenvalue weighted by Crippen LogP contribution is 2.23. The highest BCUT2D eigenvalue weighted by Gasteiger charge is 2.50. The van der Waals surface area contributed by atoms with Crippen molar-refractivity contribution in [3.05, 3.63) is 29.8 Å². The molecular formula is C21H30N2O5. The molecule has 7 nitrogen and oxygen atoms in total. The van der Waals surface area contributed by atoms with Crippen molar-refractivity contribution in [2.45, 2.75) is 70.4 Å². The third-order valence-electron chi connectivity index (χ3n) is 4.85. The molecule has 1 aromatic carbocycles. The van der Waals surface area contributed by atoms with Crippen LogP contribution in [-0.2, 0) is 25.5 Å². The third-order valence-corrected chi connectivity index (χ3v) is 4.85. The zero-order chi connectivity index (χ0) is 20.4. The highest BCUT2D eigenvalue weighted by atomic mass is 16.6. The van der Waals surface area contributed by atoms with Crippen LogP contribution in [0.4, 0.5) is 0 Å². The second-order valence-electron chi connectivity index (χ2n) is 7.15. The molecule has 1 aliphatic heterocycles. The molecule has 3 N–H and O–H groups in total. The Morgan fingerprint density at radius 1 is 1.14 bits per heavy atom. The molecule has 154 valence electrons. The predicted molar refractivity (Wildman–Crippen MR) is 104 cm³/mol. The summed E-state index contributed by atoms with van der Waals surface area (Å²) in [5.74, 6) is -2.18. The Morgan fingerprint density at radius 2 is 1.86 bits per heavy atom. The molecule has 2 amide bonds. The molecule has 0 bridgehead atoms. The molecule has 1 aromatic rings. The lowest BCUT2D eigenvalue weighted by Crippen LogP contribution is -2.54. The fourth-order valence-electron chi connectivity index (χ4n) is 3.17. The second-order valence-corrected chi connectivity index (χ2v) is 7.15. The van der Waals surface area contributed by atoms with Crippen LogP contribution < -0.4 is 15.8 Å². The van der Waals surface area contributed by atoms with E-state index in [0.717, 1.165) is 24.2 Å². The average Bonchev–Trinajstić information content (AvgIpc) is 2.98. The minimum atomic E-state index is -1.77. The fraction of sp³-hybridized carbons (Fsp3) is 0.571. The molecule has 0 aromatic heterocycles. The molecule has 0 aliphatic carbocycles. The summed E-state index contributed by atoms with van der Waals surface area (Å²) in [6.45, 7) is 2.88. The van der Waals surface area contributed by atoms with Gasteiger partial charge in [0.1, 0.15) is 5.75 Å². The summed E-state index contributed by atoms with van der Waals surface area (Å²) in [6, 6.07) is 7.51. The van der Waals surface area contributed by atoms with Gasteiger partial charge in [-0.25, -0.2) is 4.79 Å². The molecule has 0 spiro atoms. The summed E-state index contributed by atoms with van der Waals surface area (Å²) in [5.41, 5.74) is 4.45. The number of carbonyl (C=O) groups excluding carboxylic acids is 3. The zero-order valence-corrected chi connectivity index (χ0v) is 16.5. The first-order chi connectivity index (χ1) is 13.5. The normalized spacial score (nSPS) is 18.6. The fourth-order valence-corrected chi connectivity index (χ4v) is 3.17. The molecule has 28 heavy (non-hydrogen) atoms. The van der Waals surface area contributed by atoms with E-state index in [1.165, 1.54) is 32.1 Å².